The number of nitriles is 1. The first-order valence-corrected chi connectivity index (χ1v) is 6.89. The molecular weight excluding hydrogens is 271 g/mol. The largest absolute Gasteiger partial charge is 0.356 e. The molecule has 0 saturated carbocycles. The van der Waals surface area contributed by atoms with E-state index >= 15 is 0 Å². The van der Waals surface area contributed by atoms with Gasteiger partial charge in [-0.15, -0.1) is 10.2 Å². The molecule has 0 unspecified atom stereocenters. The maximum absolute atomic E-state index is 12.7. The van der Waals surface area contributed by atoms with Crippen molar-refractivity contribution in [3.63, 3.8) is 0 Å². The fraction of sp³-hybridized carbons (Fsp3) is 0.182. The summed E-state index contributed by atoms with van der Waals surface area (Å²) in [6.07, 6.45) is 0. The molecule has 0 amide bonds. The van der Waals surface area contributed by atoms with E-state index < -0.39 is 0 Å². The van der Waals surface area contributed by atoms with Gasteiger partial charge in [-0.1, -0.05) is 35.2 Å². The van der Waals surface area contributed by atoms with Gasteiger partial charge in [0.1, 0.15) is 5.82 Å². The number of aromatic nitrogens is 2. The third-order valence-corrected chi connectivity index (χ3v) is 3.90. The van der Waals surface area contributed by atoms with Crippen LogP contribution in [0.25, 0.3) is 0 Å². The molecule has 0 fully saturated rings. The Morgan fingerprint density at radius 2 is 2.11 bits per heavy atom. The van der Waals surface area contributed by atoms with Gasteiger partial charge in [-0.3, -0.25) is 0 Å². The van der Waals surface area contributed by atoms with E-state index in [1.54, 1.807) is 12.1 Å². The number of benzene rings is 1. The second-order valence-corrected chi connectivity index (χ2v) is 5.50. The second-order valence-electron chi connectivity index (χ2n) is 3.30. The standard InChI is InChI=1S/C11H9FN4S2/c12-9-3-1-8(2-4-9)7-14-10-15-16-11(18-10)17-6-5-13/h1-4H,6-7H2,(H,14,15). The predicted molar refractivity (Wildman–Crippen MR) is 70.0 cm³/mol. The zero-order valence-corrected chi connectivity index (χ0v) is 10.9. The number of nitrogens with zero attached hydrogens (tertiary/aromatic N) is 3. The van der Waals surface area contributed by atoms with Gasteiger partial charge in [0.15, 0.2) is 4.34 Å². The summed E-state index contributed by atoms with van der Waals surface area (Å²) in [6, 6.07) is 8.31. The zero-order valence-electron chi connectivity index (χ0n) is 9.26. The van der Waals surface area contributed by atoms with Crippen molar-refractivity contribution in [2.24, 2.45) is 0 Å². The van der Waals surface area contributed by atoms with Crippen molar-refractivity contribution < 1.29 is 4.39 Å². The van der Waals surface area contributed by atoms with Crippen LogP contribution in [0.3, 0.4) is 0 Å². The molecule has 2 aromatic rings. The highest BCUT2D eigenvalue weighted by atomic mass is 32.2. The fourth-order valence-electron chi connectivity index (χ4n) is 1.21. The Hall–Kier alpha value is -1.65. The number of hydrogen-bond acceptors (Lipinski definition) is 6. The molecule has 0 spiro atoms. The molecule has 0 bridgehead atoms. The first-order chi connectivity index (χ1) is 8.78. The summed E-state index contributed by atoms with van der Waals surface area (Å²) >= 11 is 2.76. The molecule has 7 heteroatoms. The average molecular weight is 280 g/mol. The number of rotatable bonds is 5. The van der Waals surface area contributed by atoms with E-state index in [0.717, 1.165) is 9.90 Å². The van der Waals surface area contributed by atoms with Crippen molar-refractivity contribution in [3.8, 4) is 6.07 Å². The van der Waals surface area contributed by atoms with Gasteiger partial charge in [-0.05, 0) is 17.7 Å². The van der Waals surface area contributed by atoms with Crippen LogP contribution in [-0.2, 0) is 6.54 Å². The fourth-order valence-corrected chi connectivity index (χ4v) is 2.62. The van der Waals surface area contributed by atoms with Crippen LogP contribution in [0.15, 0.2) is 28.6 Å². The third-order valence-electron chi connectivity index (χ3n) is 2.02. The van der Waals surface area contributed by atoms with E-state index in [4.69, 9.17) is 5.26 Å². The Balaban J connectivity index is 1.88. The smallest absolute Gasteiger partial charge is 0.206 e. The maximum Gasteiger partial charge on any atom is 0.206 e. The van der Waals surface area contributed by atoms with Crippen LogP contribution < -0.4 is 5.32 Å². The Morgan fingerprint density at radius 1 is 1.33 bits per heavy atom. The number of anilines is 1. The Labute approximate surface area is 112 Å². The quantitative estimate of drug-likeness (QED) is 0.853. The van der Waals surface area contributed by atoms with Crippen molar-refractivity contribution in [3.05, 3.63) is 35.6 Å². The summed E-state index contributed by atoms with van der Waals surface area (Å²) in [4.78, 5) is 0. The molecular formula is C11H9FN4S2. The molecule has 2 rings (SSSR count). The Kier molecular flexibility index (Phi) is 4.50. The lowest BCUT2D eigenvalue weighted by molar-refractivity contribution is 0.627. The van der Waals surface area contributed by atoms with Gasteiger partial charge in [0.2, 0.25) is 5.13 Å². The SMILES string of the molecule is N#CCSc1nnc(NCc2ccc(F)cc2)s1. The van der Waals surface area contributed by atoms with E-state index in [-0.39, 0.29) is 5.82 Å². The van der Waals surface area contributed by atoms with Gasteiger partial charge in [-0.2, -0.15) is 5.26 Å². The van der Waals surface area contributed by atoms with Crippen LogP contribution in [0.1, 0.15) is 5.56 Å². The molecule has 0 atom stereocenters. The topological polar surface area (TPSA) is 61.6 Å². The lowest BCUT2D eigenvalue weighted by atomic mass is 10.2. The van der Waals surface area contributed by atoms with Crippen LogP contribution in [-0.4, -0.2) is 16.0 Å². The van der Waals surface area contributed by atoms with Crippen LogP contribution in [0.5, 0.6) is 0 Å². The normalized spacial score (nSPS) is 10.0. The summed E-state index contributed by atoms with van der Waals surface area (Å²) in [7, 11) is 0. The zero-order chi connectivity index (χ0) is 12.8. The van der Waals surface area contributed by atoms with Gasteiger partial charge in [0.25, 0.3) is 0 Å². The van der Waals surface area contributed by atoms with Gasteiger partial charge in [-0.25, -0.2) is 4.39 Å². The maximum atomic E-state index is 12.7. The van der Waals surface area contributed by atoms with E-state index in [1.807, 2.05) is 6.07 Å². The van der Waals surface area contributed by atoms with E-state index in [2.05, 4.69) is 15.5 Å². The average Bonchev–Trinajstić information content (AvgIpc) is 2.84. The number of halogens is 1. The minimum atomic E-state index is -0.246. The Morgan fingerprint density at radius 3 is 2.83 bits per heavy atom. The monoisotopic (exact) mass is 280 g/mol. The van der Waals surface area contributed by atoms with Crippen molar-refractivity contribution in [1.29, 1.82) is 5.26 Å². The van der Waals surface area contributed by atoms with E-state index in [9.17, 15) is 4.39 Å². The molecule has 1 heterocycles. The van der Waals surface area contributed by atoms with Gasteiger partial charge >= 0.3 is 0 Å². The van der Waals surface area contributed by atoms with Gasteiger partial charge < -0.3 is 5.32 Å². The third kappa shape index (κ3) is 3.68. The summed E-state index contributed by atoms with van der Waals surface area (Å²) < 4.78 is 13.5. The van der Waals surface area contributed by atoms with Crippen molar-refractivity contribution in [1.82, 2.24) is 10.2 Å². The highest BCUT2D eigenvalue weighted by molar-refractivity contribution is 8.01. The Bertz CT molecular complexity index is 547. The molecule has 0 saturated heterocycles. The molecule has 1 aromatic carbocycles. The molecule has 4 nitrogen and oxygen atoms in total. The molecule has 0 aliphatic rings. The summed E-state index contributed by atoms with van der Waals surface area (Å²) in [5.74, 6) is 0.122. The molecule has 0 radical (unpaired) electrons. The molecule has 1 aromatic heterocycles. The van der Waals surface area contributed by atoms with Crippen molar-refractivity contribution in [2.45, 2.75) is 10.9 Å². The number of hydrogen-bond donors (Lipinski definition) is 1. The summed E-state index contributed by atoms with van der Waals surface area (Å²) in [5, 5.41) is 20.1. The first-order valence-electron chi connectivity index (χ1n) is 5.09. The molecule has 18 heavy (non-hydrogen) atoms. The minimum Gasteiger partial charge on any atom is -0.356 e. The lowest BCUT2D eigenvalue weighted by Crippen LogP contribution is -1.98. The van der Waals surface area contributed by atoms with E-state index in [0.29, 0.717) is 17.4 Å². The van der Waals surface area contributed by atoms with Gasteiger partial charge in [0, 0.05) is 6.54 Å². The van der Waals surface area contributed by atoms with Crippen LogP contribution in [0.2, 0.25) is 0 Å². The van der Waals surface area contributed by atoms with Crippen molar-refractivity contribution >= 4 is 28.2 Å². The molecule has 0 aliphatic carbocycles. The predicted octanol–water partition coefficient (Wildman–Crippen LogP) is 2.90. The molecule has 0 aliphatic heterocycles. The van der Waals surface area contributed by atoms with Crippen molar-refractivity contribution in [2.75, 3.05) is 11.1 Å². The second kappa shape index (κ2) is 6.33. The molecule has 92 valence electrons. The lowest BCUT2D eigenvalue weighted by Gasteiger charge is -2.01. The number of nitrogens with one attached hydrogen (secondary N) is 1. The highest BCUT2D eigenvalue weighted by Gasteiger charge is 2.04. The summed E-state index contributed by atoms with van der Waals surface area (Å²) in [6.45, 7) is 0.567. The minimum absolute atomic E-state index is 0.246. The first kappa shape index (κ1) is 12.8. The van der Waals surface area contributed by atoms with Crippen LogP contribution >= 0.6 is 23.1 Å². The van der Waals surface area contributed by atoms with Gasteiger partial charge in [0.05, 0.1) is 11.8 Å². The highest BCUT2D eigenvalue weighted by Crippen LogP contribution is 2.25. The van der Waals surface area contributed by atoms with E-state index in [1.165, 1.54) is 35.2 Å². The molecule has 1 N–H and O–H groups in total. The van der Waals surface area contributed by atoms with Crippen LogP contribution in [0.4, 0.5) is 9.52 Å². The van der Waals surface area contributed by atoms with Crippen LogP contribution in [0, 0.1) is 17.1 Å². The summed E-state index contributed by atoms with van der Waals surface area (Å²) in [5.41, 5.74) is 0.970. The number of thioether (sulfide) groups is 1.